The summed E-state index contributed by atoms with van der Waals surface area (Å²) in [5, 5.41) is 0. The molecule has 12 heavy (non-hydrogen) atoms. The van der Waals surface area contributed by atoms with Crippen molar-refractivity contribution in [3.8, 4) is 0 Å². The van der Waals surface area contributed by atoms with E-state index in [1.165, 1.54) is 0 Å². The fourth-order valence-electron chi connectivity index (χ4n) is 1.09. The van der Waals surface area contributed by atoms with E-state index in [0.29, 0.717) is 17.8 Å². The second-order valence-corrected chi connectivity index (χ2v) is 2.54. The maximum atomic E-state index is 10.4. The Morgan fingerprint density at radius 2 is 2.42 bits per heavy atom. The lowest BCUT2D eigenvalue weighted by atomic mass is 10.4. The molecule has 4 heteroatoms. The second kappa shape index (κ2) is 2.41. The fraction of sp³-hybridized carbons (Fsp3) is 0.125. The number of carbonyl (C=O) groups excluding carboxylic acids is 1. The van der Waals surface area contributed by atoms with Gasteiger partial charge in [0.05, 0.1) is 0 Å². The van der Waals surface area contributed by atoms with Crippen molar-refractivity contribution in [1.29, 1.82) is 0 Å². The molecule has 0 saturated heterocycles. The van der Waals surface area contributed by atoms with Gasteiger partial charge in [0.2, 0.25) is 5.78 Å². The van der Waals surface area contributed by atoms with Crippen LogP contribution in [0.25, 0.3) is 5.78 Å². The molecule has 0 radical (unpaired) electrons. The van der Waals surface area contributed by atoms with Gasteiger partial charge in [0.15, 0.2) is 6.29 Å². The van der Waals surface area contributed by atoms with Crippen molar-refractivity contribution in [2.75, 3.05) is 0 Å². The van der Waals surface area contributed by atoms with Gasteiger partial charge in [-0.15, -0.1) is 0 Å². The summed E-state index contributed by atoms with van der Waals surface area (Å²) in [5.74, 6) is 0.567. The van der Waals surface area contributed by atoms with Gasteiger partial charge in [0.1, 0.15) is 5.69 Å². The fourth-order valence-corrected chi connectivity index (χ4v) is 1.09. The molecule has 2 heterocycles. The molecule has 4 nitrogen and oxygen atoms in total. The SMILES string of the molecule is Cc1ccnc2nc(C=O)cn12. The van der Waals surface area contributed by atoms with Gasteiger partial charge in [-0.1, -0.05) is 0 Å². The van der Waals surface area contributed by atoms with Crippen LogP contribution in [0, 0.1) is 6.92 Å². The molecule has 0 bridgehead atoms. The van der Waals surface area contributed by atoms with E-state index in [1.807, 2.05) is 13.0 Å². The van der Waals surface area contributed by atoms with Crippen LogP contribution < -0.4 is 0 Å². The molecule has 0 amide bonds. The summed E-state index contributed by atoms with van der Waals surface area (Å²) < 4.78 is 1.78. The number of hydrogen-bond donors (Lipinski definition) is 0. The van der Waals surface area contributed by atoms with Crippen LogP contribution in [0.4, 0.5) is 0 Å². The molecule has 2 aromatic heterocycles. The van der Waals surface area contributed by atoms with E-state index in [0.717, 1.165) is 5.69 Å². The summed E-state index contributed by atoms with van der Waals surface area (Å²) in [7, 11) is 0. The predicted octanol–water partition coefficient (Wildman–Crippen LogP) is 0.850. The first-order valence-electron chi connectivity index (χ1n) is 3.57. The first-order valence-corrected chi connectivity index (χ1v) is 3.57. The van der Waals surface area contributed by atoms with Crippen LogP contribution in [0.15, 0.2) is 18.5 Å². The number of rotatable bonds is 1. The van der Waals surface area contributed by atoms with Crippen LogP contribution in [0.5, 0.6) is 0 Å². The zero-order valence-electron chi connectivity index (χ0n) is 6.56. The molecular formula is C8H7N3O. The van der Waals surface area contributed by atoms with E-state index in [-0.39, 0.29) is 0 Å². The third-order valence-corrected chi connectivity index (χ3v) is 1.71. The summed E-state index contributed by atoms with van der Waals surface area (Å²) in [5.41, 5.74) is 1.43. The summed E-state index contributed by atoms with van der Waals surface area (Å²) >= 11 is 0. The van der Waals surface area contributed by atoms with Gasteiger partial charge < -0.3 is 0 Å². The van der Waals surface area contributed by atoms with Crippen molar-refractivity contribution in [2.24, 2.45) is 0 Å². The first-order chi connectivity index (χ1) is 5.81. The quantitative estimate of drug-likeness (QED) is 0.582. The van der Waals surface area contributed by atoms with E-state index in [9.17, 15) is 4.79 Å². The van der Waals surface area contributed by atoms with E-state index >= 15 is 0 Å². The second-order valence-electron chi connectivity index (χ2n) is 2.54. The maximum Gasteiger partial charge on any atom is 0.234 e. The van der Waals surface area contributed by atoms with Gasteiger partial charge in [-0.25, -0.2) is 9.97 Å². The Balaban J connectivity index is 2.82. The monoisotopic (exact) mass is 161 g/mol. The Morgan fingerprint density at radius 1 is 1.58 bits per heavy atom. The van der Waals surface area contributed by atoms with Gasteiger partial charge in [0.25, 0.3) is 0 Å². The highest BCUT2D eigenvalue weighted by atomic mass is 16.1. The lowest BCUT2D eigenvalue weighted by molar-refractivity contribution is 0.111. The molecule has 0 aromatic carbocycles. The van der Waals surface area contributed by atoms with Crippen LogP contribution in [0.2, 0.25) is 0 Å². The van der Waals surface area contributed by atoms with Gasteiger partial charge >= 0.3 is 0 Å². The number of aromatic nitrogens is 3. The van der Waals surface area contributed by atoms with E-state index in [4.69, 9.17) is 0 Å². The molecule has 0 N–H and O–H groups in total. The van der Waals surface area contributed by atoms with Crippen LogP contribution >= 0.6 is 0 Å². The molecule has 0 aliphatic rings. The predicted molar refractivity (Wildman–Crippen MR) is 43.1 cm³/mol. The van der Waals surface area contributed by atoms with Crippen molar-refractivity contribution < 1.29 is 4.79 Å². The molecule has 0 fully saturated rings. The van der Waals surface area contributed by atoms with Gasteiger partial charge in [-0.05, 0) is 13.0 Å². The Kier molecular flexibility index (Phi) is 1.40. The average Bonchev–Trinajstić information content (AvgIpc) is 2.49. The summed E-state index contributed by atoms with van der Waals surface area (Å²) in [6.45, 7) is 1.94. The van der Waals surface area contributed by atoms with Gasteiger partial charge in [-0.2, -0.15) is 0 Å². The molecule has 0 saturated carbocycles. The molecule has 0 spiro atoms. The zero-order valence-corrected chi connectivity index (χ0v) is 6.56. The van der Waals surface area contributed by atoms with Crippen molar-refractivity contribution in [2.45, 2.75) is 6.92 Å². The maximum absolute atomic E-state index is 10.4. The average molecular weight is 161 g/mol. The molecule has 2 aromatic rings. The van der Waals surface area contributed by atoms with Crippen molar-refractivity contribution in [3.05, 3.63) is 29.8 Å². The van der Waals surface area contributed by atoms with Crippen molar-refractivity contribution in [3.63, 3.8) is 0 Å². The Morgan fingerprint density at radius 3 is 3.08 bits per heavy atom. The van der Waals surface area contributed by atoms with Crippen LogP contribution in [0.1, 0.15) is 16.2 Å². The highest BCUT2D eigenvalue weighted by Gasteiger charge is 2.01. The molecule has 0 aliphatic heterocycles. The van der Waals surface area contributed by atoms with Crippen LogP contribution in [-0.2, 0) is 0 Å². The summed E-state index contributed by atoms with van der Waals surface area (Å²) in [6.07, 6.45) is 4.06. The largest absolute Gasteiger partial charge is 0.296 e. The Bertz CT molecular complexity index is 433. The smallest absolute Gasteiger partial charge is 0.234 e. The number of hydrogen-bond acceptors (Lipinski definition) is 3. The zero-order chi connectivity index (χ0) is 8.55. The number of aryl methyl sites for hydroxylation is 1. The molecule has 60 valence electrons. The van der Waals surface area contributed by atoms with Gasteiger partial charge in [-0.3, -0.25) is 9.20 Å². The molecule has 0 aliphatic carbocycles. The molecule has 0 unspecified atom stereocenters. The summed E-state index contributed by atoms with van der Waals surface area (Å²) in [6, 6.07) is 1.86. The van der Waals surface area contributed by atoms with Crippen LogP contribution in [0.3, 0.4) is 0 Å². The van der Waals surface area contributed by atoms with E-state index in [2.05, 4.69) is 9.97 Å². The molecule has 0 atom stereocenters. The Hall–Kier alpha value is -1.71. The normalized spacial score (nSPS) is 10.4. The topological polar surface area (TPSA) is 47.3 Å². The standard InChI is InChI=1S/C8H7N3O/c1-6-2-3-9-8-10-7(5-12)4-11(6)8/h2-5H,1H3. The van der Waals surface area contributed by atoms with E-state index in [1.54, 1.807) is 16.8 Å². The minimum atomic E-state index is 0.414. The molecular weight excluding hydrogens is 154 g/mol. The van der Waals surface area contributed by atoms with Crippen molar-refractivity contribution in [1.82, 2.24) is 14.4 Å². The summed E-state index contributed by atoms with van der Waals surface area (Å²) in [4.78, 5) is 18.4. The third-order valence-electron chi connectivity index (χ3n) is 1.71. The van der Waals surface area contributed by atoms with Crippen LogP contribution in [-0.4, -0.2) is 20.7 Å². The number of nitrogens with zero attached hydrogens (tertiary/aromatic N) is 3. The number of fused-ring (bicyclic) bond motifs is 1. The minimum Gasteiger partial charge on any atom is -0.296 e. The van der Waals surface area contributed by atoms with Gasteiger partial charge in [0, 0.05) is 18.1 Å². The van der Waals surface area contributed by atoms with E-state index < -0.39 is 0 Å². The lowest BCUT2D eigenvalue weighted by Gasteiger charge is -1.94. The minimum absolute atomic E-state index is 0.414. The first kappa shape index (κ1) is 6.97. The number of aldehydes is 1. The Labute approximate surface area is 68.9 Å². The molecule has 2 rings (SSSR count). The number of carbonyl (C=O) groups is 1. The lowest BCUT2D eigenvalue weighted by Crippen LogP contribution is -1.90. The highest BCUT2D eigenvalue weighted by molar-refractivity contribution is 5.72. The number of imidazole rings is 1. The third kappa shape index (κ3) is 0.887. The van der Waals surface area contributed by atoms with Crippen molar-refractivity contribution >= 4 is 12.1 Å². The highest BCUT2D eigenvalue weighted by Crippen LogP contribution is 2.03.